The van der Waals surface area contributed by atoms with Crippen LogP contribution in [0.25, 0.3) is 0 Å². The SMILES string of the molecule is CC[C@H]1CCCCN1C(=O)COC(=O)c1cc(S(N)(=O)=O)ccc1OC. The number of sulfonamides is 1. The van der Waals surface area contributed by atoms with E-state index >= 15 is 0 Å². The number of primary sulfonamides is 1. The minimum Gasteiger partial charge on any atom is -0.496 e. The molecular formula is C17H24N2O6S. The number of likely N-dealkylation sites (tertiary alicyclic amines) is 1. The molecule has 1 heterocycles. The number of rotatable bonds is 6. The number of benzene rings is 1. The van der Waals surface area contributed by atoms with Crippen LogP contribution in [0.15, 0.2) is 23.1 Å². The van der Waals surface area contributed by atoms with Crippen molar-refractivity contribution in [2.75, 3.05) is 20.3 Å². The van der Waals surface area contributed by atoms with Crippen molar-refractivity contribution in [3.8, 4) is 5.75 Å². The van der Waals surface area contributed by atoms with E-state index in [-0.39, 0.29) is 28.2 Å². The van der Waals surface area contributed by atoms with Gasteiger partial charge in [-0.05, 0) is 43.9 Å². The van der Waals surface area contributed by atoms with Crippen molar-refractivity contribution >= 4 is 21.9 Å². The summed E-state index contributed by atoms with van der Waals surface area (Å²) in [6, 6.07) is 3.79. The number of nitrogens with two attached hydrogens (primary N) is 1. The zero-order valence-electron chi connectivity index (χ0n) is 14.9. The number of esters is 1. The molecule has 1 atom stereocenters. The van der Waals surface area contributed by atoms with Crippen LogP contribution in [0, 0.1) is 0 Å². The van der Waals surface area contributed by atoms with Crippen molar-refractivity contribution < 1.29 is 27.5 Å². The molecule has 144 valence electrons. The van der Waals surface area contributed by atoms with Gasteiger partial charge >= 0.3 is 5.97 Å². The Morgan fingerprint density at radius 2 is 2.04 bits per heavy atom. The van der Waals surface area contributed by atoms with Gasteiger partial charge in [-0.25, -0.2) is 18.4 Å². The maximum atomic E-state index is 12.4. The molecule has 0 aliphatic carbocycles. The highest BCUT2D eigenvalue weighted by Crippen LogP contribution is 2.23. The van der Waals surface area contributed by atoms with Gasteiger partial charge in [-0.2, -0.15) is 0 Å². The molecule has 1 aliphatic rings. The van der Waals surface area contributed by atoms with Crippen LogP contribution in [-0.2, 0) is 19.6 Å². The average molecular weight is 384 g/mol. The molecule has 1 fully saturated rings. The normalized spacial score (nSPS) is 17.7. The second kappa shape index (κ2) is 8.50. The number of carbonyl (C=O) groups excluding carboxylic acids is 2. The number of ether oxygens (including phenoxy) is 2. The molecule has 0 saturated carbocycles. The molecule has 8 nitrogen and oxygen atoms in total. The van der Waals surface area contributed by atoms with E-state index in [9.17, 15) is 18.0 Å². The molecule has 9 heteroatoms. The van der Waals surface area contributed by atoms with Gasteiger partial charge in [0, 0.05) is 12.6 Å². The molecule has 0 radical (unpaired) electrons. The smallest absolute Gasteiger partial charge is 0.342 e. The molecule has 1 aromatic carbocycles. The van der Waals surface area contributed by atoms with Crippen LogP contribution < -0.4 is 9.88 Å². The van der Waals surface area contributed by atoms with Gasteiger partial charge in [-0.3, -0.25) is 4.79 Å². The first-order valence-corrected chi connectivity index (χ1v) is 10.00. The third-order valence-electron chi connectivity index (χ3n) is 4.46. The predicted octanol–water partition coefficient (Wildman–Crippen LogP) is 1.29. The van der Waals surface area contributed by atoms with Gasteiger partial charge < -0.3 is 14.4 Å². The third-order valence-corrected chi connectivity index (χ3v) is 5.38. The lowest BCUT2D eigenvalue weighted by molar-refractivity contribution is -0.138. The number of amides is 1. The topological polar surface area (TPSA) is 116 Å². The number of carbonyl (C=O) groups is 2. The van der Waals surface area contributed by atoms with Gasteiger partial charge in [0.05, 0.1) is 12.0 Å². The Labute approximate surface area is 153 Å². The molecular weight excluding hydrogens is 360 g/mol. The number of hydrogen-bond donors (Lipinski definition) is 1. The maximum Gasteiger partial charge on any atom is 0.342 e. The summed E-state index contributed by atoms with van der Waals surface area (Å²) in [5, 5.41) is 5.09. The van der Waals surface area contributed by atoms with Gasteiger partial charge in [0.15, 0.2) is 6.61 Å². The monoisotopic (exact) mass is 384 g/mol. The van der Waals surface area contributed by atoms with Gasteiger partial charge in [0.25, 0.3) is 5.91 Å². The highest BCUT2D eigenvalue weighted by molar-refractivity contribution is 7.89. The van der Waals surface area contributed by atoms with Crippen molar-refractivity contribution in [2.45, 2.75) is 43.5 Å². The fraction of sp³-hybridized carbons (Fsp3) is 0.529. The van der Waals surface area contributed by atoms with Crippen molar-refractivity contribution in [2.24, 2.45) is 5.14 Å². The highest BCUT2D eigenvalue weighted by Gasteiger charge is 2.26. The Hall–Kier alpha value is -2.13. The molecule has 0 unspecified atom stereocenters. The summed E-state index contributed by atoms with van der Waals surface area (Å²) >= 11 is 0. The lowest BCUT2D eigenvalue weighted by Crippen LogP contribution is -2.45. The third kappa shape index (κ3) is 4.73. The van der Waals surface area contributed by atoms with Crippen LogP contribution in [0.1, 0.15) is 43.0 Å². The molecule has 0 aromatic heterocycles. The van der Waals surface area contributed by atoms with Crippen molar-refractivity contribution in [3.63, 3.8) is 0 Å². The van der Waals surface area contributed by atoms with Crippen LogP contribution >= 0.6 is 0 Å². The molecule has 0 spiro atoms. The largest absolute Gasteiger partial charge is 0.496 e. The van der Waals surface area contributed by atoms with E-state index in [1.165, 1.54) is 19.2 Å². The molecule has 2 rings (SSSR count). The Morgan fingerprint density at radius 1 is 1.31 bits per heavy atom. The van der Waals surface area contributed by atoms with Crippen molar-refractivity contribution in [3.05, 3.63) is 23.8 Å². The summed E-state index contributed by atoms with van der Waals surface area (Å²) < 4.78 is 33.1. The van der Waals surface area contributed by atoms with E-state index < -0.39 is 22.6 Å². The first kappa shape index (κ1) is 20.2. The van der Waals surface area contributed by atoms with E-state index in [1.54, 1.807) is 4.90 Å². The van der Waals surface area contributed by atoms with E-state index in [2.05, 4.69) is 0 Å². The van der Waals surface area contributed by atoms with Crippen LogP contribution in [0.5, 0.6) is 5.75 Å². The van der Waals surface area contributed by atoms with Crippen LogP contribution in [-0.4, -0.2) is 51.5 Å². The van der Waals surface area contributed by atoms with Gasteiger partial charge in [-0.15, -0.1) is 0 Å². The minimum atomic E-state index is -3.98. The summed E-state index contributed by atoms with van der Waals surface area (Å²) in [6.45, 7) is 2.27. The van der Waals surface area contributed by atoms with Crippen LogP contribution in [0.3, 0.4) is 0 Å². The fourth-order valence-electron chi connectivity index (χ4n) is 3.06. The molecule has 1 aromatic rings. The second-order valence-corrected chi connectivity index (χ2v) is 7.69. The lowest BCUT2D eigenvalue weighted by Gasteiger charge is -2.35. The average Bonchev–Trinajstić information content (AvgIpc) is 2.64. The Balaban J connectivity index is 2.10. The molecule has 2 N–H and O–H groups in total. The van der Waals surface area contributed by atoms with E-state index in [0.29, 0.717) is 6.54 Å². The van der Waals surface area contributed by atoms with Crippen LogP contribution in [0.2, 0.25) is 0 Å². The number of hydrogen-bond acceptors (Lipinski definition) is 6. The minimum absolute atomic E-state index is 0.0995. The summed E-state index contributed by atoms with van der Waals surface area (Å²) in [5.74, 6) is -0.962. The van der Waals surface area contributed by atoms with Crippen molar-refractivity contribution in [1.82, 2.24) is 4.90 Å². The lowest BCUT2D eigenvalue weighted by atomic mass is 10.00. The quantitative estimate of drug-likeness (QED) is 0.739. The zero-order valence-corrected chi connectivity index (χ0v) is 15.8. The number of piperidine rings is 1. The van der Waals surface area contributed by atoms with E-state index in [0.717, 1.165) is 31.7 Å². The molecule has 0 bridgehead atoms. The van der Waals surface area contributed by atoms with Gasteiger partial charge in [0.2, 0.25) is 10.0 Å². The summed E-state index contributed by atoms with van der Waals surface area (Å²) in [5.41, 5.74) is -0.0995. The summed E-state index contributed by atoms with van der Waals surface area (Å²) in [6.07, 6.45) is 3.81. The van der Waals surface area contributed by atoms with Crippen molar-refractivity contribution in [1.29, 1.82) is 0 Å². The Kier molecular flexibility index (Phi) is 6.60. The van der Waals surface area contributed by atoms with Gasteiger partial charge in [0.1, 0.15) is 11.3 Å². The standard InChI is InChI=1S/C17H24N2O6S/c1-3-12-6-4-5-9-19(12)16(20)11-25-17(21)14-10-13(26(18,22)23)7-8-15(14)24-2/h7-8,10,12H,3-6,9,11H2,1-2H3,(H2,18,22,23)/t12-/m0/s1. The molecule has 1 saturated heterocycles. The number of nitrogens with zero attached hydrogens (tertiary/aromatic N) is 1. The first-order valence-electron chi connectivity index (χ1n) is 8.45. The molecule has 26 heavy (non-hydrogen) atoms. The second-order valence-electron chi connectivity index (χ2n) is 6.13. The fourth-order valence-corrected chi connectivity index (χ4v) is 3.60. The Morgan fingerprint density at radius 3 is 2.65 bits per heavy atom. The Bertz CT molecular complexity index is 777. The highest BCUT2D eigenvalue weighted by atomic mass is 32.2. The molecule has 1 amide bonds. The summed E-state index contributed by atoms with van der Waals surface area (Å²) in [4.78, 5) is 26.2. The van der Waals surface area contributed by atoms with E-state index in [4.69, 9.17) is 14.6 Å². The van der Waals surface area contributed by atoms with Crippen LogP contribution in [0.4, 0.5) is 0 Å². The predicted molar refractivity (Wildman–Crippen MR) is 94.3 cm³/mol. The molecule has 1 aliphatic heterocycles. The van der Waals surface area contributed by atoms with Gasteiger partial charge in [-0.1, -0.05) is 6.92 Å². The summed E-state index contributed by atoms with van der Waals surface area (Å²) in [7, 11) is -2.64. The number of methoxy groups -OCH3 is 1. The first-order chi connectivity index (χ1) is 12.3. The zero-order chi connectivity index (χ0) is 19.3. The van der Waals surface area contributed by atoms with E-state index in [1.807, 2.05) is 6.92 Å². The maximum absolute atomic E-state index is 12.4.